The van der Waals surface area contributed by atoms with Crippen LogP contribution in [0.4, 0.5) is 0 Å². The van der Waals surface area contributed by atoms with Gasteiger partial charge in [-0.3, -0.25) is 0 Å². The van der Waals surface area contributed by atoms with Crippen LogP contribution in [0.1, 0.15) is 32.1 Å². The van der Waals surface area contributed by atoms with Crippen LogP contribution in [0.2, 0.25) is 0 Å². The van der Waals surface area contributed by atoms with Gasteiger partial charge >= 0.3 is 0 Å². The Hall–Kier alpha value is 0.310. The molecule has 0 amide bonds. The first-order valence-corrected chi connectivity index (χ1v) is 6.85. The Morgan fingerprint density at radius 2 is 1.77 bits per heavy atom. The molecule has 2 rings (SSSR count). The van der Waals surface area contributed by atoms with E-state index < -0.39 is 0 Å². The minimum Gasteiger partial charge on any atom is -0.330 e. The molecule has 1 saturated carbocycles. The van der Waals surface area contributed by atoms with Crippen LogP contribution in [-0.2, 0) is 0 Å². The van der Waals surface area contributed by atoms with Crippen LogP contribution in [0.5, 0.6) is 0 Å². The molecule has 0 aromatic rings. The molecule has 13 heavy (non-hydrogen) atoms. The highest BCUT2D eigenvalue weighted by molar-refractivity contribution is 8.00. The number of nitrogens with two attached hydrogens (primary N) is 1. The summed E-state index contributed by atoms with van der Waals surface area (Å²) in [5.41, 5.74) is 5.90. The Morgan fingerprint density at radius 3 is 2.23 bits per heavy atom. The van der Waals surface area contributed by atoms with Crippen LogP contribution >= 0.6 is 11.8 Å². The fourth-order valence-electron chi connectivity index (χ4n) is 2.83. The predicted octanol–water partition coefficient (Wildman–Crippen LogP) is 2.50. The van der Waals surface area contributed by atoms with Gasteiger partial charge in [-0.25, -0.2) is 0 Å². The van der Waals surface area contributed by atoms with E-state index in [1.165, 1.54) is 43.6 Å². The number of rotatable bonds is 3. The standard InChI is InChI=1S/C11H21NS/c12-6-11(10-7-13-8-10)9-4-2-1-3-5-9/h9-11H,1-8,12H2. The van der Waals surface area contributed by atoms with Gasteiger partial charge in [0.15, 0.2) is 0 Å². The highest BCUT2D eigenvalue weighted by atomic mass is 32.2. The first kappa shape index (κ1) is 9.85. The van der Waals surface area contributed by atoms with Crippen molar-refractivity contribution in [2.24, 2.45) is 23.5 Å². The summed E-state index contributed by atoms with van der Waals surface area (Å²) in [7, 11) is 0. The SMILES string of the molecule is NCC(C1CCCCC1)C1CSC1. The average molecular weight is 199 g/mol. The summed E-state index contributed by atoms with van der Waals surface area (Å²) in [5.74, 6) is 5.58. The fourth-order valence-corrected chi connectivity index (χ4v) is 3.84. The van der Waals surface area contributed by atoms with Crippen LogP contribution in [0.25, 0.3) is 0 Å². The van der Waals surface area contributed by atoms with E-state index in [-0.39, 0.29) is 0 Å². The van der Waals surface area contributed by atoms with Gasteiger partial charge in [0, 0.05) is 0 Å². The lowest BCUT2D eigenvalue weighted by Crippen LogP contribution is -2.38. The molecule has 1 nitrogen and oxygen atoms in total. The van der Waals surface area contributed by atoms with Crippen molar-refractivity contribution in [3.8, 4) is 0 Å². The lowest BCUT2D eigenvalue weighted by atomic mass is 9.75. The van der Waals surface area contributed by atoms with Crippen molar-refractivity contribution in [2.45, 2.75) is 32.1 Å². The zero-order valence-electron chi connectivity index (χ0n) is 8.37. The number of hydrogen-bond donors (Lipinski definition) is 1. The summed E-state index contributed by atoms with van der Waals surface area (Å²) in [6, 6.07) is 0. The maximum atomic E-state index is 5.90. The summed E-state index contributed by atoms with van der Waals surface area (Å²) in [6.07, 6.45) is 7.31. The van der Waals surface area contributed by atoms with Crippen LogP contribution < -0.4 is 5.73 Å². The molecular formula is C11H21NS. The Morgan fingerprint density at radius 1 is 1.08 bits per heavy atom. The van der Waals surface area contributed by atoms with Gasteiger partial charge in [0.1, 0.15) is 0 Å². The molecule has 2 N–H and O–H groups in total. The topological polar surface area (TPSA) is 26.0 Å². The predicted molar refractivity (Wildman–Crippen MR) is 59.9 cm³/mol. The molecule has 0 aromatic heterocycles. The van der Waals surface area contributed by atoms with Gasteiger partial charge in [-0.2, -0.15) is 11.8 Å². The van der Waals surface area contributed by atoms with Crippen molar-refractivity contribution >= 4 is 11.8 Å². The Balaban J connectivity index is 1.86. The van der Waals surface area contributed by atoms with E-state index in [1.54, 1.807) is 0 Å². The summed E-state index contributed by atoms with van der Waals surface area (Å²) in [6.45, 7) is 0.940. The smallest absolute Gasteiger partial charge is 0.00279 e. The van der Waals surface area contributed by atoms with Gasteiger partial charge in [0.05, 0.1) is 0 Å². The highest BCUT2D eigenvalue weighted by Crippen LogP contribution is 2.39. The van der Waals surface area contributed by atoms with Crippen LogP contribution in [0, 0.1) is 17.8 Å². The molecule has 1 atom stereocenters. The van der Waals surface area contributed by atoms with Crippen LogP contribution in [0.15, 0.2) is 0 Å². The molecule has 1 saturated heterocycles. The van der Waals surface area contributed by atoms with Gasteiger partial charge in [-0.05, 0) is 35.8 Å². The lowest BCUT2D eigenvalue weighted by molar-refractivity contribution is 0.201. The van der Waals surface area contributed by atoms with Crippen molar-refractivity contribution in [2.75, 3.05) is 18.1 Å². The Bertz CT molecular complexity index is 150. The van der Waals surface area contributed by atoms with Gasteiger partial charge in [-0.15, -0.1) is 0 Å². The highest BCUT2D eigenvalue weighted by Gasteiger charge is 2.33. The van der Waals surface area contributed by atoms with Crippen LogP contribution in [0.3, 0.4) is 0 Å². The molecule has 1 aliphatic heterocycles. The average Bonchev–Trinajstić information content (AvgIpc) is 2.12. The maximum absolute atomic E-state index is 5.90. The van der Waals surface area contributed by atoms with Crippen molar-refractivity contribution in [1.82, 2.24) is 0 Å². The Labute approximate surface area is 85.8 Å². The van der Waals surface area contributed by atoms with E-state index in [0.29, 0.717) is 0 Å². The zero-order chi connectivity index (χ0) is 9.10. The van der Waals surface area contributed by atoms with E-state index in [0.717, 1.165) is 24.3 Å². The van der Waals surface area contributed by atoms with Gasteiger partial charge in [0.2, 0.25) is 0 Å². The van der Waals surface area contributed by atoms with Crippen LogP contribution in [-0.4, -0.2) is 18.1 Å². The van der Waals surface area contributed by atoms with Gasteiger partial charge < -0.3 is 5.73 Å². The normalized spacial score (nSPS) is 28.4. The monoisotopic (exact) mass is 199 g/mol. The second-order valence-corrected chi connectivity index (χ2v) is 5.67. The fraction of sp³-hybridized carbons (Fsp3) is 1.00. The van der Waals surface area contributed by atoms with E-state index in [4.69, 9.17) is 5.73 Å². The molecule has 1 unspecified atom stereocenters. The molecule has 0 spiro atoms. The third-order valence-corrected chi connectivity index (χ3v) is 5.12. The minimum absolute atomic E-state index is 0.863. The largest absolute Gasteiger partial charge is 0.330 e. The maximum Gasteiger partial charge on any atom is -0.00279 e. The number of thioether (sulfide) groups is 1. The quantitative estimate of drug-likeness (QED) is 0.756. The minimum atomic E-state index is 0.863. The lowest BCUT2D eigenvalue weighted by Gasteiger charge is -2.39. The first-order chi connectivity index (χ1) is 6.42. The van der Waals surface area contributed by atoms with Crippen molar-refractivity contribution in [3.05, 3.63) is 0 Å². The molecule has 2 fully saturated rings. The summed E-state index contributed by atoms with van der Waals surface area (Å²) < 4.78 is 0. The molecule has 0 bridgehead atoms. The van der Waals surface area contributed by atoms with Crippen molar-refractivity contribution in [3.63, 3.8) is 0 Å². The first-order valence-electron chi connectivity index (χ1n) is 5.69. The zero-order valence-corrected chi connectivity index (χ0v) is 9.19. The molecular weight excluding hydrogens is 178 g/mol. The molecule has 1 heterocycles. The Kier molecular flexibility index (Phi) is 3.56. The molecule has 1 aliphatic carbocycles. The molecule has 76 valence electrons. The van der Waals surface area contributed by atoms with Gasteiger partial charge in [0.25, 0.3) is 0 Å². The van der Waals surface area contributed by atoms with Crippen molar-refractivity contribution < 1.29 is 0 Å². The molecule has 2 heteroatoms. The number of hydrogen-bond acceptors (Lipinski definition) is 2. The molecule has 0 radical (unpaired) electrons. The second-order valence-electron chi connectivity index (χ2n) is 4.60. The summed E-state index contributed by atoms with van der Waals surface area (Å²) >= 11 is 2.10. The third kappa shape index (κ3) is 2.21. The summed E-state index contributed by atoms with van der Waals surface area (Å²) in [4.78, 5) is 0. The van der Waals surface area contributed by atoms with E-state index >= 15 is 0 Å². The summed E-state index contributed by atoms with van der Waals surface area (Å²) in [5, 5.41) is 0. The molecule has 0 aromatic carbocycles. The molecule has 2 aliphatic rings. The van der Waals surface area contributed by atoms with Gasteiger partial charge in [-0.1, -0.05) is 32.1 Å². The van der Waals surface area contributed by atoms with E-state index in [9.17, 15) is 0 Å². The van der Waals surface area contributed by atoms with E-state index in [1.807, 2.05) is 0 Å². The van der Waals surface area contributed by atoms with Crippen molar-refractivity contribution in [1.29, 1.82) is 0 Å². The van der Waals surface area contributed by atoms with E-state index in [2.05, 4.69) is 11.8 Å². The third-order valence-electron chi connectivity index (χ3n) is 3.80. The second kappa shape index (κ2) is 4.70.